The number of fused-ring (bicyclic) bond motifs is 1. The highest BCUT2D eigenvalue weighted by Crippen LogP contribution is 2.22. The summed E-state index contributed by atoms with van der Waals surface area (Å²) in [6.07, 6.45) is 1.93. The molecule has 1 unspecified atom stereocenters. The molecule has 0 aromatic heterocycles. The molecule has 0 aliphatic carbocycles. The van der Waals surface area contributed by atoms with Gasteiger partial charge in [-0.1, -0.05) is 18.2 Å². The third-order valence-electron chi connectivity index (χ3n) is 2.64. The number of aliphatic hydroxyl groups is 1. The van der Waals surface area contributed by atoms with Crippen molar-refractivity contribution in [3.05, 3.63) is 29.8 Å². The summed E-state index contributed by atoms with van der Waals surface area (Å²) in [5.74, 6) is 0. The second-order valence-electron chi connectivity index (χ2n) is 3.81. The zero-order chi connectivity index (χ0) is 10.5. The fourth-order valence-corrected chi connectivity index (χ4v) is 1.84. The van der Waals surface area contributed by atoms with E-state index in [2.05, 4.69) is 23.5 Å². The van der Waals surface area contributed by atoms with Crippen molar-refractivity contribution in [2.75, 3.05) is 25.1 Å². The number of aliphatic hydroxyl groups excluding tert-OH is 1. The number of hydrogen-bond donors (Lipinski definition) is 2. The topological polar surface area (TPSA) is 41.5 Å². The van der Waals surface area contributed by atoms with Crippen molar-refractivity contribution in [2.45, 2.75) is 18.9 Å². The van der Waals surface area contributed by atoms with Crippen molar-refractivity contribution >= 4 is 5.69 Å². The summed E-state index contributed by atoms with van der Waals surface area (Å²) in [7, 11) is 0. The Hall–Kier alpha value is -1.06. The van der Waals surface area contributed by atoms with Crippen LogP contribution < -0.4 is 5.32 Å². The highest BCUT2D eigenvalue weighted by atomic mass is 16.5. The van der Waals surface area contributed by atoms with E-state index in [9.17, 15) is 0 Å². The fraction of sp³-hybridized carbons (Fsp3) is 0.500. The number of hydrogen-bond acceptors (Lipinski definition) is 3. The van der Waals surface area contributed by atoms with Crippen LogP contribution in [0, 0.1) is 0 Å². The molecule has 0 bridgehead atoms. The maximum Gasteiger partial charge on any atom is 0.0788 e. The molecule has 3 nitrogen and oxygen atoms in total. The average Bonchev–Trinajstić information content (AvgIpc) is 2.29. The summed E-state index contributed by atoms with van der Waals surface area (Å²) in [6, 6.07) is 8.32. The van der Waals surface area contributed by atoms with Crippen LogP contribution in [0.25, 0.3) is 0 Å². The van der Waals surface area contributed by atoms with Gasteiger partial charge in [0.2, 0.25) is 0 Å². The Kier molecular flexibility index (Phi) is 3.59. The first kappa shape index (κ1) is 10.5. The van der Waals surface area contributed by atoms with Gasteiger partial charge in [-0.3, -0.25) is 0 Å². The molecule has 1 aromatic carbocycles. The van der Waals surface area contributed by atoms with Gasteiger partial charge >= 0.3 is 0 Å². The Morgan fingerprint density at radius 1 is 1.40 bits per heavy atom. The largest absolute Gasteiger partial charge is 0.396 e. The average molecular weight is 207 g/mol. The van der Waals surface area contributed by atoms with Gasteiger partial charge in [-0.15, -0.1) is 0 Å². The van der Waals surface area contributed by atoms with E-state index in [0.29, 0.717) is 6.61 Å². The van der Waals surface area contributed by atoms with Crippen LogP contribution in [0.1, 0.15) is 12.0 Å². The predicted molar refractivity (Wildman–Crippen MR) is 60.1 cm³/mol. The third kappa shape index (κ3) is 2.70. The summed E-state index contributed by atoms with van der Waals surface area (Å²) in [5.41, 5.74) is 2.54. The first-order valence-electron chi connectivity index (χ1n) is 5.44. The van der Waals surface area contributed by atoms with Crippen molar-refractivity contribution in [3.63, 3.8) is 0 Å². The van der Waals surface area contributed by atoms with E-state index in [-0.39, 0.29) is 12.7 Å². The Morgan fingerprint density at radius 2 is 2.27 bits per heavy atom. The van der Waals surface area contributed by atoms with E-state index >= 15 is 0 Å². The molecule has 0 saturated carbocycles. The molecule has 15 heavy (non-hydrogen) atoms. The van der Waals surface area contributed by atoms with Crippen LogP contribution in [-0.2, 0) is 11.2 Å². The quantitative estimate of drug-likeness (QED) is 0.734. The maximum absolute atomic E-state index is 8.66. The second kappa shape index (κ2) is 5.14. The first-order chi connectivity index (χ1) is 7.40. The van der Waals surface area contributed by atoms with E-state index in [1.165, 1.54) is 11.3 Å². The summed E-state index contributed by atoms with van der Waals surface area (Å²) >= 11 is 0. The van der Waals surface area contributed by atoms with E-state index < -0.39 is 0 Å². The predicted octanol–water partition coefficient (Wildman–Crippen LogP) is 1.42. The van der Waals surface area contributed by atoms with E-state index in [4.69, 9.17) is 9.84 Å². The number of ether oxygens (including phenoxy) is 1. The zero-order valence-corrected chi connectivity index (χ0v) is 8.78. The van der Waals surface area contributed by atoms with E-state index in [1.807, 2.05) is 6.07 Å². The van der Waals surface area contributed by atoms with Gasteiger partial charge in [-0.25, -0.2) is 0 Å². The molecule has 1 aliphatic rings. The molecule has 1 aromatic rings. The van der Waals surface area contributed by atoms with Crippen LogP contribution in [0.15, 0.2) is 24.3 Å². The minimum atomic E-state index is 0.205. The lowest BCUT2D eigenvalue weighted by Gasteiger charge is -2.26. The molecule has 0 spiro atoms. The smallest absolute Gasteiger partial charge is 0.0788 e. The minimum absolute atomic E-state index is 0.205. The molecule has 2 N–H and O–H groups in total. The summed E-state index contributed by atoms with van der Waals surface area (Å²) in [5, 5.41) is 12.0. The molecule has 0 saturated heterocycles. The van der Waals surface area contributed by atoms with Crippen LogP contribution in [0.4, 0.5) is 5.69 Å². The van der Waals surface area contributed by atoms with E-state index in [0.717, 1.165) is 19.4 Å². The molecule has 1 atom stereocenters. The van der Waals surface area contributed by atoms with Crippen LogP contribution in [0.3, 0.4) is 0 Å². The normalized spacial score (nSPS) is 19.4. The van der Waals surface area contributed by atoms with Gasteiger partial charge in [-0.05, 0) is 18.1 Å². The van der Waals surface area contributed by atoms with Crippen molar-refractivity contribution in [1.82, 2.24) is 0 Å². The fourth-order valence-electron chi connectivity index (χ4n) is 1.84. The standard InChI is InChI=1S/C12H17NO2/c14-6-3-7-15-11-8-10-4-1-2-5-12(10)13-9-11/h1-2,4-5,11,13-14H,3,6-9H2. The number of anilines is 1. The molecule has 1 heterocycles. The van der Waals surface area contributed by atoms with Crippen molar-refractivity contribution in [3.8, 4) is 0 Å². The van der Waals surface area contributed by atoms with Gasteiger partial charge in [0, 0.05) is 31.9 Å². The summed E-state index contributed by atoms with van der Waals surface area (Å²) < 4.78 is 5.66. The second-order valence-corrected chi connectivity index (χ2v) is 3.81. The van der Waals surface area contributed by atoms with Gasteiger partial charge in [0.25, 0.3) is 0 Å². The van der Waals surface area contributed by atoms with Gasteiger partial charge in [-0.2, -0.15) is 0 Å². The molecule has 3 heteroatoms. The van der Waals surface area contributed by atoms with Crippen LogP contribution in [0.2, 0.25) is 0 Å². The lowest BCUT2D eigenvalue weighted by Crippen LogP contribution is -2.30. The molecular formula is C12H17NO2. The van der Waals surface area contributed by atoms with Crippen molar-refractivity contribution in [2.24, 2.45) is 0 Å². The third-order valence-corrected chi connectivity index (χ3v) is 2.64. The lowest BCUT2D eigenvalue weighted by atomic mass is 10.0. The highest BCUT2D eigenvalue weighted by molar-refractivity contribution is 5.53. The summed E-state index contributed by atoms with van der Waals surface area (Å²) in [6.45, 7) is 1.71. The number of para-hydroxylation sites is 1. The highest BCUT2D eigenvalue weighted by Gasteiger charge is 2.17. The molecular weight excluding hydrogens is 190 g/mol. The Balaban J connectivity index is 1.88. The van der Waals surface area contributed by atoms with Gasteiger partial charge < -0.3 is 15.2 Å². The van der Waals surface area contributed by atoms with Crippen molar-refractivity contribution < 1.29 is 9.84 Å². The molecule has 0 fully saturated rings. The molecule has 2 rings (SSSR count). The first-order valence-corrected chi connectivity index (χ1v) is 5.44. The number of rotatable bonds is 4. The molecule has 0 radical (unpaired) electrons. The number of benzene rings is 1. The van der Waals surface area contributed by atoms with Gasteiger partial charge in [0.05, 0.1) is 6.10 Å². The zero-order valence-electron chi connectivity index (χ0n) is 8.78. The van der Waals surface area contributed by atoms with Crippen LogP contribution in [-0.4, -0.2) is 31.0 Å². The Bertz CT molecular complexity index is 314. The van der Waals surface area contributed by atoms with Gasteiger partial charge in [0.1, 0.15) is 0 Å². The monoisotopic (exact) mass is 207 g/mol. The Morgan fingerprint density at radius 3 is 3.13 bits per heavy atom. The SMILES string of the molecule is OCCCOC1CNc2ccccc2C1. The minimum Gasteiger partial charge on any atom is -0.396 e. The van der Waals surface area contributed by atoms with Crippen LogP contribution in [0.5, 0.6) is 0 Å². The lowest BCUT2D eigenvalue weighted by molar-refractivity contribution is 0.0507. The Labute approximate surface area is 90.1 Å². The van der Waals surface area contributed by atoms with Crippen LogP contribution >= 0.6 is 0 Å². The molecule has 82 valence electrons. The van der Waals surface area contributed by atoms with E-state index in [1.54, 1.807) is 0 Å². The number of nitrogens with one attached hydrogen (secondary N) is 1. The maximum atomic E-state index is 8.66. The molecule has 1 aliphatic heterocycles. The van der Waals surface area contributed by atoms with Gasteiger partial charge in [0.15, 0.2) is 0 Å². The summed E-state index contributed by atoms with van der Waals surface area (Å²) in [4.78, 5) is 0. The molecule has 0 amide bonds. The van der Waals surface area contributed by atoms with Crippen molar-refractivity contribution in [1.29, 1.82) is 0 Å².